The predicted molar refractivity (Wildman–Crippen MR) is 141 cm³/mol. The topological polar surface area (TPSA) is 79.9 Å². The van der Waals surface area contributed by atoms with Crippen molar-refractivity contribution in [3.8, 4) is 23.1 Å². The molecule has 38 heavy (non-hydrogen) atoms. The molecule has 6 rings (SSSR count). The summed E-state index contributed by atoms with van der Waals surface area (Å²) in [6.07, 6.45) is 6.56. The number of methoxy groups -OCH3 is 2. The molecule has 6 aromatic rings. The van der Waals surface area contributed by atoms with E-state index in [1.165, 1.54) is 0 Å². The third-order valence-corrected chi connectivity index (χ3v) is 6.43. The van der Waals surface area contributed by atoms with E-state index in [2.05, 4.69) is 36.4 Å². The van der Waals surface area contributed by atoms with E-state index in [0.29, 0.717) is 23.1 Å². The van der Waals surface area contributed by atoms with Crippen molar-refractivity contribution in [2.75, 3.05) is 14.2 Å². The monoisotopic (exact) mass is 594 g/mol. The number of rotatable bonds is 6. The van der Waals surface area contributed by atoms with Crippen molar-refractivity contribution < 1.29 is 29.9 Å². The van der Waals surface area contributed by atoms with E-state index in [1.54, 1.807) is 23.6 Å². The van der Waals surface area contributed by atoms with E-state index in [-0.39, 0.29) is 20.4 Å². The van der Waals surface area contributed by atoms with Crippen molar-refractivity contribution in [1.82, 2.24) is 29.5 Å². The number of nitrogens with zero attached hydrogens (tertiary/aromatic N) is 6. The van der Waals surface area contributed by atoms with Gasteiger partial charge < -0.3 is 18.8 Å². The number of aromatic nitrogens is 6. The summed E-state index contributed by atoms with van der Waals surface area (Å²) < 4.78 is 14.6. The van der Waals surface area contributed by atoms with Gasteiger partial charge in [0.1, 0.15) is 11.5 Å². The van der Waals surface area contributed by atoms with Crippen LogP contribution >= 0.6 is 0 Å². The molecule has 0 aliphatic carbocycles. The maximum Gasteiger partial charge on any atom is 2.00 e. The molecule has 9 heteroatoms. The van der Waals surface area contributed by atoms with Crippen LogP contribution < -0.4 is 9.47 Å². The van der Waals surface area contributed by atoms with Crippen LogP contribution in [0, 0.1) is 12.4 Å². The fraction of sp³-hybridized carbons (Fsp3) is 0.172. The van der Waals surface area contributed by atoms with E-state index in [0.717, 1.165) is 33.2 Å². The van der Waals surface area contributed by atoms with Gasteiger partial charge >= 0.3 is 20.4 Å². The molecule has 0 unspecified atom stereocenters. The van der Waals surface area contributed by atoms with Crippen molar-refractivity contribution in [2.45, 2.75) is 19.3 Å². The Labute approximate surface area is 233 Å². The molecule has 0 aliphatic rings. The number of hydrogen-bond donors (Lipinski definition) is 0. The second-order valence-corrected chi connectivity index (χ2v) is 9.21. The Kier molecular flexibility index (Phi) is 6.74. The Bertz CT molecular complexity index is 1560. The Balaban J connectivity index is 0.00000294. The minimum absolute atomic E-state index is 0. The molecule has 0 saturated heterocycles. The Morgan fingerprint density at radius 2 is 1.08 bits per heavy atom. The summed E-state index contributed by atoms with van der Waals surface area (Å²) in [6.45, 7) is 4.13. The van der Waals surface area contributed by atoms with Crippen molar-refractivity contribution in [3.63, 3.8) is 0 Å². The van der Waals surface area contributed by atoms with Crippen molar-refractivity contribution in [1.29, 1.82) is 0 Å². The van der Waals surface area contributed by atoms with Crippen LogP contribution in [-0.2, 0) is 25.8 Å². The molecule has 2 aromatic carbocycles. The van der Waals surface area contributed by atoms with Gasteiger partial charge in [-0.1, -0.05) is 24.3 Å². The van der Waals surface area contributed by atoms with Gasteiger partial charge in [0.05, 0.1) is 25.9 Å². The standard InChI is InChI=1S/C29H24N6O2.Pd/c1-29(2,25-13-21(36-3)15-27(30-25)34-17-19-9-5-7-11-23(19)32-34)26-14-22(37-4)16-28(31-26)35-18-20-10-6-8-12-24(20)33-35;/h5-16H,1-4H3;/q-2;+2. The Hall–Kier alpha value is -4.06. The average Bonchev–Trinajstić information content (AvgIpc) is 3.57. The third kappa shape index (κ3) is 4.55. The van der Waals surface area contributed by atoms with E-state index in [9.17, 15) is 0 Å². The maximum atomic E-state index is 5.63. The first-order valence-electron chi connectivity index (χ1n) is 11.8. The molecule has 0 radical (unpaired) electrons. The van der Waals surface area contributed by atoms with Gasteiger partial charge in [-0.15, -0.1) is 35.0 Å². The van der Waals surface area contributed by atoms with Gasteiger partial charge in [0, 0.05) is 40.0 Å². The number of pyridine rings is 2. The zero-order valence-corrected chi connectivity index (χ0v) is 22.8. The van der Waals surface area contributed by atoms with Crippen molar-refractivity contribution in [2.24, 2.45) is 0 Å². The molecular weight excluding hydrogens is 571 g/mol. The van der Waals surface area contributed by atoms with Crippen molar-refractivity contribution in [3.05, 3.63) is 96.6 Å². The third-order valence-electron chi connectivity index (χ3n) is 6.43. The molecule has 0 spiro atoms. The number of hydrogen-bond acceptors (Lipinski definition) is 6. The van der Waals surface area contributed by atoms with Gasteiger partial charge in [-0.3, -0.25) is 9.97 Å². The van der Waals surface area contributed by atoms with Crippen LogP contribution in [0.2, 0.25) is 0 Å². The first-order chi connectivity index (χ1) is 17.9. The molecule has 8 nitrogen and oxygen atoms in total. The van der Waals surface area contributed by atoms with Crippen LogP contribution in [0.3, 0.4) is 0 Å². The molecule has 192 valence electrons. The Morgan fingerprint density at radius 3 is 1.47 bits per heavy atom. The molecular formula is C29H24N6O2Pd. The molecule has 0 aliphatic heterocycles. The van der Waals surface area contributed by atoms with Crippen molar-refractivity contribution >= 4 is 21.8 Å². The van der Waals surface area contributed by atoms with Crippen LogP contribution in [0.5, 0.6) is 11.5 Å². The van der Waals surface area contributed by atoms with E-state index < -0.39 is 5.41 Å². The second-order valence-electron chi connectivity index (χ2n) is 9.21. The molecule has 0 amide bonds. The van der Waals surface area contributed by atoms with Crippen LogP contribution in [0.1, 0.15) is 25.2 Å². The summed E-state index contributed by atoms with van der Waals surface area (Å²) in [5.41, 5.74) is 2.59. The van der Waals surface area contributed by atoms with Gasteiger partial charge in [0.15, 0.2) is 0 Å². The minimum Gasteiger partial charge on any atom is -0.497 e. The molecule has 0 fully saturated rings. The van der Waals surface area contributed by atoms with Gasteiger partial charge in [0.25, 0.3) is 0 Å². The van der Waals surface area contributed by atoms with Gasteiger partial charge in [-0.2, -0.15) is 0 Å². The zero-order chi connectivity index (χ0) is 25.6. The summed E-state index contributed by atoms with van der Waals surface area (Å²) in [4.78, 5) is 9.93. The van der Waals surface area contributed by atoms with Crippen LogP contribution in [0.25, 0.3) is 33.4 Å². The number of ether oxygens (including phenoxy) is 2. The Morgan fingerprint density at radius 1 is 0.658 bits per heavy atom. The number of fused-ring (bicyclic) bond motifs is 2. The maximum absolute atomic E-state index is 5.63. The first-order valence-corrected chi connectivity index (χ1v) is 11.8. The fourth-order valence-electron chi connectivity index (χ4n) is 4.23. The van der Waals surface area contributed by atoms with Crippen LogP contribution in [0.15, 0.2) is 72.8 Å². The molecule has 0 atom stereocenters. The molecule has 4 aromatic heterocycles. The van der Waals surface area contributed by atoms with Crippen LogP contribution in [0.4, 0.5) is 0 Å². The number of benzene rings is 2. The summed E-state index contributed by atoms with van der Waals surface area (Å²) in [5, 5.41) is 11.1. The zero-order valence-electron chi connectivity index (χ0n) is 21.2. The smallest absolute Gasteiger partial charge is 0.497 e. The van der Waals surface area contributed by atoms with Crippen LogP contribution in [-0.4, -0.2) is 43.7 Å². The molecule has 0 N–H and O–H groups in total. The summed E-state index contributed by atoms with van der Waals surface area (Å²) in [7, 11) is 3.28. The SMILES string of the molecule is COc1cc(-n2[c-]c3ccccc3n2)nc(C(C)(C)c2cc(OC)cc(-n3[c-]c4ccccc4n3)n2)c1.[Pd+2]. The van der Waals surface area contributed by atoms with E-state index in [4.69, 9.17) is 19.4 Å². The largest absolute Gasteiger partial charge is 2.00 e. The average molecular weight is 595 g/mol. The van der Waals surface area contributed by atoms with E-state index >= 15 is 0 Å². The van der Waals surface area contributed by atoms with Gasteiger partial charge in [-0.05, 0) is 38.4 Å². The summed E-state index contributed by atoms with van der Waals surface area (Å²) in [6, 6.07) is 23.2. The predicted octanol–water partition coefficient (Wildman–Crippen LogP) is 5.10. The van der Waals surface area contributed by atoms with E-state index in [1.807, 2.05) is 72.8 Å². The van der Waals surface area contributed by atoms with Gasteiger partial charge in [0.2, 0.25) is 0 Å². The van der Waals surface area contributed by atoms with Gasteiger partial charge in [-0.25, -0.2) is 10.2 Å². The quantitative estimate of drug-likeness (QED) is 0.197. The summed E-state index contributed by atoms with van der Waals surface area (Å²) >= 11 is 0. The molecule has 4 heterocycles. The second kappa shape index (κ2) is 10.0. The first kappa shape index (κ1) is 25.6. The molecule has 0 bridgehead atoms. The fourth-order valence-corrected chi connectivity index (χ4v) is 4.23. The summed E-state index contributed by atoms with van der Waals surface area (Å²) in [5.74, 6) is 2.54. The molecule has 0 saturated carbocycles. The minimum atomic E-state index is -0.619. The normalized spacial score (nSPS) is 11.5.